The van der Waals surface area contributed by atoms with E-state index in [2.05, 4.69) is 16.7 Å². The van der Waals surface area contributed by atoms with E-state index < -0.39 is 0 Å². The molecule has 2 rings (SSSR count). The van der Waals surface area contributed by atoms with Gasteiger partial charge in [0, 0.05) is 18.6 Å². The van der Waals surface area contributed by atoms with Gasteiger partial charge in [-0.15, -0.1) is 0 Å². The molecule has 0 spiro atoms. The lowest BCUT2D eigenvalue weighted by Gasteiger charge is -2.32. The fraction of sp³-hybridized carbons (Fsp3) is 1.00. The summed E-state index contributed by atoms with van der Waals surface area (Å²) in [5, 5.41) is 0. The second-order valence-electron chi connectivity index (χ2n) is 5.80. The molecule has 2 fully saturated rings. The molecule has 100 valence electrons. The minimum Gasteiger partial charge on any atom is -0.328 e. The molecule has 2 aliphatic rings. The molecule has 2 saturated heterocycles. The van der Waals surface area contributed by atoms with E-state index in [-0.39, 0.29) is 0 Å². The van der Waals surface area contributed by atoms with Crippen molar-refractivity contribution < 1.29 is 0 Å². The predicted molar refractivity (Wildman–Crippen MR) is 73.2 cm³/mol. The topological polar surface area (TPSA) is 32.5 Å². The van der Waals surface area contributed by atoms with E-state index in [1.807, 2.05) is 0 Å². The van der Waals surface area contributed by atoms with Crippen LogP contribution in [0.25, 0.3) is 0 Å². The molecule has 0 bridgehead atoms. The Labute approximate surface area is 106 Å². The van der Waals surface area contributed by atoms with Gasteiger partial charge in [0.15, 0.2) is 0 Å². The lowest BCUT2D eigenvalue weighted by atomic mass is 10.1. The Hall–Kier alpha value is -0.120. The summed E-state index contributed by atoms with van der Waals surface area (Å²) in [6.07, 6.45) is 7.93. The van der Waals surface area contributed by atoms with Crippen LogP contribution < -0.4 is 5.73 Å². The van der Waals surface area contributed by atoms with Gasteiger partial charge in [-0.3, -0.25) is 4.90 Å². The zero-order valence-corrected chi connectivity index (χ0v) is 11.4. The van der Waals surface area contributed by atoms with E-state index >= 15 is 0 Å². The van der Waals surface area contributed by atoms with Crippen molar-refractivity contribution in [2.24, 2.45) is 5.73 Å². The summed E-state index contributed by atoms with van der Waals surface area (Å²) in [6, 6.07) is 1.25. The van der Waals surface area contributed by atoms with Crippen LogP contribution in [0.4, 0.5) is 0 Å². The molecule has 0 saturated carbocycles. The molecule has 0 radical (unpaired) electrons. The van der Waals surface area contributed by atoms with E-state index in [4.69, 9.17) is 5.73 Å². The molecule has 2 heterocycles. The second-order valence-corrected chi connectivity index (χ2v) is 5.80. The van der Waals surface area contributed by atoms with Crippen LogP contribution in [0.1, 0.15) is 45.4 Å². The van der Waals surface area contributed by atoms with Crippen molar-refractivity contribution in [3.05, 3.63) is 0 Å². The first-order valence-corrected chi connectivity index (χ1v) is 7.51. The lowest BCUT2D eigenvalue weighted by Crippen LogP contribution is -2.41. The van der Waals surface area contributed by atoms with Gasteiger partial charge in [-0.05, 0) is 58.3 Å². The van der Waals surface area contributed by atoms with Crippen LogP contribution in [0.3, 0.4) is 0 Å². The number of hydrogen-bond donors (Lipinski definition) is 1. The standard InChI is InChI=1S/C14H29N3/c1-2-13(15)6-10-16-11-7-14(12-16)17-8-4-3-5-9-17/h13-14H,2-12,15H2,1H3. The van der Waals surface area contributed by atoms with Crippen LogP contribution in [0, 0.1) is 0 Å². The van der Waals surface area contributed by atoms with Crippen molar-refractivity contribution in [2.45, 2.75) is 57.5 Å². The number of rotatable bonds is 5. The van der Waals surface area contributed by atoms with Gasteiger partial charge in [-0.25, -0.2) is 0 Å². The average molecular weight is 239 g/mol. The highest BCUT2D eigenvalue weighted by molar-refractivity contribution is 4.85. The van der Waals surface area contributed by atoms with Crippen molar-refractivity contribution >= 4 is 0 Å². The van der Waals surface area contributed by atoms with Gasteiger partial charge in [0.2, 0.25) is 0 Å². The third-order valence-electron chi connectivity index (χ3n) is 4.50. The van der Waals surface area contributed by atoms with E-state index in [9.17, 15) is 0 Å². The summed E-state index contributed by atoms with van der Waals surface area (Å²) >= 11 is 0. The first-order chi connectivity index (χ1) is 8.29. The van der Waals surface area contributed by atoms with E-state index in [1.54, 1.807) is 0 Å². The van der Waals surface area contributed by atoms with Crippen molar-refractivity contribution in [2.75, 3.05) is 32.7 Å². The monoisotopic (exact) mass is 239 g/mol. The van der Waals surface area contributed by atoms with Gasteiger partial charge in [0.25, 0.3) is 0 Å². The van der Waals surface area contributed by atoms with E-state index in [1.165, 1.54) is 64.8 Å². The number of hydrogen-bond acceptors (Lipinski definition) is 3. The predicted octanol–water partition coefficient (Wildman–Crippen LogP) is 1.67. The number of piperidine rings is 1. The summed E-state index contributed by atoms with van der Waals surface area (Å²) in [5.74, 6) is 0. The van der Waals surface area contributed by atoms with Crippen LogP contribution in [0.15, 0.2) is 0 Å². The molecule has 0 aromatic rings. The third-order valence-corrected chi connectivity index (χ3v) is 4.50. The molecule has 0 aromatic carbocycles. The molecular weight excluding hydrogens is 210 g/mol. The van der Waals surface area contributed by atoms with E-state index in [0.29, 0.717) is 6.04 Å². The summed E-state index contributed by atoms with van der Waals surface area (Å²) < 4.78 is 0. The quantitative estimate of drug-likeness (QED) is 0.792. The number of nitrogens with zero attached hydrogens (tertiary/aromatic N) is 2. The van der Waals surface area contributed by atoms with Gasteiger partial charge >= 0.3 is 0 Å². The Balaban J connectivity index is 1.67. The number of likely N-dealkylation sites (tertiary alicyclic amines) is 2. The molecule has 2 atom stereocenters. The summed E-state index contributed by atoms with van der Waals surface area (Å²) in [5.41, 5.74) is 5.99. The van der Waals surface area contributed by atoms with Crippen LogP contribution in [0.5, 0.6) is 0 Å². The third kappa shape index (κ3) is 3.94. The first kappa shape index (κ1) is 13.3. The molecule has 3 heteroatoms. The van der Waals surface area contributed by atoms with Gasteiger partial charge < -0.3 is 10.6 Å². The van der Waals surface area contributed by atoms with Gasteiger partial charge in [0.1, 0.15) is 0 Å². The van der Waals surface area contributed by atoms with Crippen LogP contribution >= 0.6 is 0 Å². The highest BCUT2D eigenvalue weighted by atomic mass is 15.3. The maximum absolute atomic E-state index is 5.99. The van der Waals surface area contributed by atoms with Gasteiger partial charge in [-0.2, -0.15) is 0 Å². The Morgan fingerprint density at radius 3 is 2.65 bits per heavy atom. The average Bonchev–Trinajstić information content (AvgIpc) is 2.86. The molecule has 0 amide bonds. The first-order valence-electron chi connectivity index (χ1n) is 7.51. The molecule has 17 heavy (non-hydrogen) atoms. The van der Waals surface area contributed by atoms with Gasteiger partial charge in [-0.1, -0.05) is 13.3 Å². The maximum Gasteiger partial charge on any atom is 0.0235 e. The van der Waals surface area contributed by atoms with Crippen molar-refractivity contribution in [3.8, 4) is 0 Å². The van der Waals surface area contributed by atoms with Crippen molar-refractivity contribution in [1.82, 2.24) is 9.80 Å². The largest absolute Gasteiger partial charge is 0.328 e. The molecule has 2 N–H and O–H groups in total. The SMILES string of the molecule is CCC(N)CCN1CCC(N2CCCCC2)C1. The molecule has 0 aromatic heterocycles. The summed E-state index contributed by atoms with van der Waals surface area (Å²) in [7, 11) is 0. The zero-order chi connectivity index (χ0) is 12.1. The van der Waals surface area contributed by atoms with Crippen LogP contribution in [-0.4, -0.2) is 54.6 Å². The molecule has 2 aliphatic heterocycles. The molecule has 3 nitrogen and oxygen atoms in total. The highest BCUT2D eigenvalue weighted by Gasteiger charge is 2.28. The maximum atomic E-state index is 5.99. The normalized spacial score (nSPS) is 29.6. The van der Waals surface area contributed by atoms with Gasteiger partial charge in [0.05, 0.1) is 0 Å². The molecule has 2 unspecified atom stereocenters. The fourth-order valence-corrected chi connectivity index (χ4v) is 3.15. The van der Waals surface area contributed by atoms with E-state index in [0.717, 1.165) is 12.5 Å². The fourth-order valence-electron chi connectivity index (χ4n) is 3.15. The number of nitrogens with two attached hydrogens (primary N) is 1. The Bertz CT molecular complexity index is 214. The van der Waals surface area contributed by atoms with Crippen molar-refractivity contribution in [1.29, 1.82) is 0 Å². The van der Waals surface area contributed by atoms with Crippen molar-refractivity contribution in [3.63, 3.8) is 0 Å². The Morgan fingerprint density at radius 2 is 1.94 bits per heavy atom. The molecular formula is C14H29N3. The minimum absolute atomic E-state index is 0.407. The van der Waals surface area contributed by atoms with Crippen LogP contribution in [-0.2, 0) is 0 Å². The molecule has 0 aliphatic carbocycles. The lowest BCUT2D eigenvalue weighted by molar-refractivity contribution is 0.161. The Morgan fingerprint density at radius 1 is 1.18 bits per heavy atom. The Kier molecular flexibility index (Phi) is 5.26. The smallest absolute Gasteiger partial charge is 0.0235 e. The van der Waals surface area contributed by atoms with Crippen LogP contribution in [0.2, 0.25) is 0 Å². The minimum atomic E-state index is 0.407. The zero-order valence-electron chi connectivity index (χ0n) is 11.4. The summed E-state index contributed by atoms with van der Waals surface area (Å²) in [6.45, 7) is 8.65. The highest BCUT2D eigenvalue weighted by Crippen LogP contribution is 2.20. The second kappa shape index (κ2) is 6.72. The summed E-state index contributed by atoms with van der Waals surface area (Å²) in [4.78, 5) is 5.35.